The summed E-state index contributed by atoms with van der Waals surface area (Å²) in [6, 6.07) is 1.61. The molecule has 2 heterocycles. The van der Waals surface area contributed by atoms with Crippen molar-refractivity contribution in [2.75, 3.05) is 30.8 Å². The van der Waals surface area contributed by atoms with Gasteiger partial charge in [0.25, 0.3) is 0 Å². The van der Waals surface area contributed by atoms with Gasteiger partial charge >= 0.3 is 0 Å². The smallest absolute Gasteiger partial charge is 0.227 e. The second-order valence-electron chi connectivity index (χ2n) is 4.49. The van der Waals surface area contributed by atoms with Crippen LogP contribution in [0.25, 0.3) is 0 Å². The summed E-state index contributed by atoms with van der Waals surface area (Å²) in [5, 5.41) is 0. The molecule has 0 radical (unpaired) electrons. The molecular formula is C11H17FN4O. The highest BCUT2D eigenvalue weighted by Gasteiger charge is 2.41. The first kappa shape index (κ1) is 12.0. The Kier molecular flexibility index (Phi) is 3.15. The average molecular weight is 240 g/mol. The number of nitrogens with two attached hydrogens (primary N) is 1. The predicted octanol–water partition coefficient (Wildman–Crippen LogP) is 1.01. The highest BCUT2D eigenvalue weighted by molar-refractivity contribution is 5.38. The first-order valence-electron chi connectivity index (χ1n) is 5.58. The van der Waals surface area contributed by atoms with E-state index in [4.69, 9.17) is 10.5 Å². The van der Waals surface area contributed by atoms with Gasteiger partial charge in [0.15, 0.2) is 5.67 Å². The van der Waals surface area contributed by atoms with Crippen molar-refractivity contribution in [1.82, 2.24) is 9.97 Å². The molecule has 0 amide bonds. The first-order valence-corrected chi connectivity index (χ1v) is 5.58. The van der Waals surface area contributed by atoms with Gasteiger partial charge in [0.2, 0.25) is 5.95 Å². The van der Waals surface area contributed by atoms with Crippen molar-refractivity contribution in [2.24, 2.45) is 0 Å². The number of piperidine rings is 1. The zero-order valence-electron chi connectivity index (χ0n) is 10.1. The molecule has 6 heteroatoms. The third kappa shape index (κ3) is 2.46. The van der Waals surface area contributed by atoms with E-state index in [1.54, 1.807) is 24.1 Å². The number of methoxy groups -OCH3 is 1. The van der Waals surface area contributed by atoms with Crippen molar-refractivity contribution in [3.05, 3.63) is 12.3 Å². The van der Waals surface area contributed by atoms with E-state index in [1.165, 1.54) is 7.11 Å². The molecule has 1 aromatic heterocycles. The topological polar surface area (TPSA) is 64.3 Å². The van der Waals surface area contributed by atoms with Crippen LogP contribution < -0.4 is 10.6 Å². The lowest BCUT2D eigenvalue weighted by molar-refractivity contribution is -0.0381. The largest absolute Gasteiger partial charge is 0.384 e. The summed E-state index contributed by atoms with van der Waals surface area (Å²) in [7, 11) is 1.54. The van der Waals surface area contributed by atoms with E-state index in [-0.39, 0.29) is 12.6 Å². The van der Waals surface area contributed by atoms with Crippen LogP contribution in [0.15, 0.2) is 12.3 Å². The minimum atomic E-state index is -1.40. The van der Waals surface area contributed by atoms with Crippen molar-refractivity contribution in [2.45, 2.75) is 25.1 Å². The quantitative estimate of drug-likeness (QED) is 0.836. The summed E-state index contributed by atoms with van der Waals surface area (Å²) in [5.74, 6) is 0.868. The number of rotatable bonds is 2. The standard InChI is InChI=1S/C11H17FN4O/c1-11(12)7-16(6-4-8(11)17-2)10-14-5-3-9(13)15-10/h3,5,8H,4,6-7H2,1-2H3,(H2,13,14,15)/t8-,11+/m0/s1. The lowest BCUT2D eigenvalue weighted by Crippen LogP contribution is -2.53. The van der Waals surface area contributed by atoms with E-state index >= 15 is 0 Å². The van der Waals surface area contributed by atoms with Gasteiger partial charge in [-0.1, -0.05) is 0 Å². The maximum absolute atomic E-state index is 14.3. The SMILES string of the molecule is CO[C@H]1CCN(c2nccc(N)n2)C[C@@]1(C)F. The number of anilines is 2. The molecule has 1 aliphatic rings. The summed E-state index contributed by atoms with van der Waals surface area (Å²) < 4.78 is 19.5. The minimum Gasteiger partial charge on any atom is -0.384 e. The fourth-order valence-corrected chi connectivity index (χ4v) is 2.18. The van der Waals surface area contributed by atoms with E-state index < -0.39 is 5.67 Å². The predicted molar refractivity (Wildman–Crippen MR) is 63.6 cm³/mol. The molecule has 1 aliphatic heterocycles. The number of alkyl halides is 1. The van der Waals surface area contributed by atoms with Crippen LogP contribution in [0, 0.1) is 0 Å². The second kappa shape index (κ2) is 4.44. The Labute approximate surface area is 99.8 Å². The van der Waals surface area contributed by atoms with Gasteiger partial charge in [-0.25, -0.2) is 9.37 Å². The number of hydrogen-bond donors (Lipinski definition) is 1. The van der Waals surface area contributed by atoms with Crippen LogP contribution in [0.1, 0.15) is 13.3 Å². The lowest BCUT2D eigenvalue weighted by atomic mass is 9.93. The van der Waals surface area contributed by atoms with E-state index in [0.29, 0.717) is 24.7 Å². The average Bonchev–Trinajstić information content (AvgIpc) is 2.27. The number of aromatic nitrogens is 2. The zero-order valence-corrected chi connectivity index (χ0v) is 10.1. The molecule has 1 aromatic rings. The lowest BCUT2D eigenvalue weighted by Gasteiger charge is -2.40. The van der Waals surface area contributed by atoms with Crippen molar-refractivity contribution in [3.8, 4) is 0 Å². The van der Waals surface area contributed by atoms with Gasteiger partial charge in [0.05, 0.1) is 12.6 Å². The highest BCUT2D eigenvalue weighted by atomic mass is 19.1. The van der Waals surface area contributed by atoms with E-state index in [1.807, 2.05) is 0 Å². The normalized spacial score (nSPS) is 29.4. The summed E-state index contributed by atoms with van der Waals surface area (Å²) in [6.45, 7) is 2.43. The zero-order chi connectivity index (χ0) is 12.5. The molecule has 0 saturated carbocycles. The molecule has 5 nitrogen and oxygen atoms in total. The Hall–Kier alpha value is -1.43. The van der Waals surface area contributed by atoms with Crippen LogP contribution in [0.2, 0.25) is 0 Å². The third-order valence-electron chi connectivity index (χ3n) is 3.06. The maximum Gasteiger partial charge on any atom is 0.227 e. The molecule has 0 bridgehead atoms. The summed E-state index contributed by atoms with van der Waals surface area (Å²) >= 11 is 0. The van der Waals surface area contributed by atoms with E-state index in [9.17, 15) is 4.39 Å². The molecule has 1 fully saturated rings. The van der Waals surface area contributed by atoms with Gasteiger partial charge < -0.3 is 15.4 Å². The monoisotopic (exact) mass is 240 g/mol. The number of ether oxygens (including phenoxy) is 1. The van der Waals surface area contributed by atoms with Gasteiger partial charge in [0, 0.05) is 19.9 Å². The van der Waals surface area contributed by atoms with Crippen molar-refractivity contribution >= 4 is 11.8 Å². The Bertz CT molecular complexity index is 399. The molecule has 2 N–H and O–H groups in total. The number of hydrogen-bond acceptors (Lipinski definition) is 5. The highest BCUT2D eigenvalue weighted by Crippen LogP contribution is 2.29. The van der Waals surface area contributed by atoms with Gasteiger partial charge in [-0.15, -0.1) is 0 Å². The Morgan fingerprint density at radius 1 is 1.65 bits per heavy atom. The summed E-state index contributed by atoms with van der Waals surface area (Å²) in [6.07, 6.45) is 1.82. The van der Waals surface area contributed by atoms with Crippen molar-refractivity contribution < 1.29 is 9.13 Å². The van der Waals surface area contributed by atoms with Gasteiger partial charge in [0.1, 0.15) is 5.82 Å². The summed E-state index contributed by atoms with van der Waals surface area (Å²) in [5.41, 5.74) is 4.19. The Balaban J connectivity index is 2.15. The first-order chi connectivity index (χ1) is 8.03. The van der Waals surface area contributed by atoms with Gasteiger partial charge in [-0.2, -0.15) is 4.98 Å². The van der Waals surface area contributed by atoms with Crippen molar-refractivity contribution in [3.63, 3.8) is 0 Å². The van der Waals surface area contributed by atoms with Crippen LogP contribution in [-0.2, 0) is 4.74 Å². The Morgan fingerprint density at radius 3 is 3.00 bits per heavy atom. The van der Waals surface area contributed by atoms with E-state index in [0.717, 1.165) is 0 Å². The molecule has 2 atom stereocenters. The molecule has 1 saturated heterocycles. The third-order valence-corrected chi connectivity index (χ3v) is 3.06. The van der Waals surface area contributed by atoms with Gasteiger partial charge in [-0.3, -0.25) is 0 Å². The molecule has 0 unspecified atom stereocenters. The number of halogens is 1. The van der Waals surface area contributed by atoms with Crippen LogP contribution >= 0.6 is 0 Å². The molecule has 0 aromatic carbocycles. The molecule has 17 heavy (non-hydrogen) atoms. The molecule has 2 rings (SSSR count). The molecular weight excluding hydrogens is 223 g/mol. The Morgan fingerprint density at radius 2 is 2.41 bits per heavy atom. The fraction of sp³-hybridized carbons (Fsp3) is 0.636. The molecule has 0 spiro atoms. The molecule has 0 aliphatic carbocycles. The second-order valence-corrected chi connectivity index (χ2v) is 4.49. The number of nitrogens with zero attached hydrogens (tertiary/aromatic N) is 3. The van der Waals surface area contributed by atoms with Gasteiger partial charge in [-0.05, 0) is 19.4 Å². The van der Waals surface area contributed by atoms with E-state index in [2.05, 4.69) is 9.97 Å². The minimum absolute atomic E-state index is 0.217. The van der Waals surface area contributed by atoms with Crippen LogP contribution in [0.3, 0.4) is 0 Å². The fourth-order valence-electron chi connectivity index (χ4n) is 2.18. The van der Waals surface area contributed by atoms with Crippen LogP contribution in [0.4, 0.5) is 16.2 Å². The van der Waals surface area contributed by atoms with Crippen LogP contribution in [-0.4, -0.2) is 41.9 Å². The summed E-state index contributed by atoms with van der Waals surface area (Å²) in [4.78, 5) is 10.0. The number of nitrogen functional groups attached to an aromatic ring is 1. The maximum atomic E-state index is 14.3. The molecule has 94 valence electrons. The van der Waals surface area contributed by atoms with Crippen molar-refractivity contribution in [1.29, 1.82) is 0 Å². The van der Waals surface area contributed by atoms with Crippen LogP contribution in [0.5, 0.6) is 0 Å².